The predicted molar refractivity (Wildman–Crippen MR) is 104 cm³/mol. The van der Waals surface area contributed by atoms with E-state index < -0.39 is 0 Å². The monoisotopic (exact) mass is 330 g/mol. The molecule has 0 saturated carbocycles. The van der Waals surface area contributed by atoms with Gasteiger partial charge in [0.2, 0.25) is 0 Å². The largest absolute Gasteiger partial charge is 0.507 e. The molecule has 1 aliphatic heterocycles. The summed E-state index contributed by atoms with van der Waals surface area (Å²) in [5, 5.41) is 14.8. The van der Waals surface area contributed by atoms with Gasteiger partial charge < -0.3 is 15.4 Å². The molecule has 0 saturated heterocycles. The van der Waals surface area contributed by atoms with E-state index in [2.05, 4.69) is 52.8 Å². The normalized spacial score (nSPS) is 17.9. The molecule has 0 aliphatic carbocycles. The van der Waals surface area contributed by atoms with Crippen molar-refractivity contribution in [2.45, 2.75) is 18.9 Å². The van der Waals surface area contributed by atoms with Gasteiger partial charge in [0, 0.05) is 35.2 Å². The number of nitrogens with one attached hydrogen (secondary N) is 2. The van der Waals surface area contributed by atoms with Gasteiger partial charge in [-0.1, -0.05) is 48.6 Å². The number of aromatic amines is 1. The van der Waals surface area contributed by atoms with Gasteiger partial charge in [-0.05, 0) is 42.2 Å². The van der Waals surface area contributed by atoms with Crippen LogP contribution in [0.3, 0.4) is 0 Å². The highest BCUT2D eigenvalue weighted by Crippen LogP contribution is 2.28. The van der Waals surface area contributed by atoms with Crippen molar-refractivity contribution in [1.82, 2.24) is 10.3 Å². The van der Waals surface area contributed by atoms with Crippen molar-refractivity contribution in [3.8, 4) is 5.75 Å². The minimum atomic E-state index is 0.324. The summed E-state index contributed by atoms with van der Waals surface area (Å²) in [5.74, 6) is 0.324. The molecule has 2 heterocycles. The van der Waals surface area contributed by atoms with Gasteiger partial charge in [-0.2, -0.15) is 0 Å². The Morgan fingerprint density at radius 2 is 1.96 bits per heavy atom. The molecule has 2 aromatic carbocycles. The molecule has 0 radical (unpaired) electrons. The number of hydrogen-bond acceptors (Lipinski definition) is 2. The second kappa shape index (κ2) is 6.99. The van der Waals surface area contributed by atoms with Crippen molar-refractivity contribution in [3.63, 3.8) is 0 Å². The van der Waals surface area contributed by atoms with Crippen molar-refractivity contribution in [2.24, 2.45) is 0 Å². The summed E-state index contributed by atoms with van der Waals surface area (Å²) in [5.41, 5.74) is 4.65. The molecule has 0 spiro atoms. The van der Waals surface area contributed by atoms with Crippen LogP contribution in [0.5, 0.6) is 5.75 Å². The van der Waals surface area contributed by atoms with Gasteiger partial charge in [0.1, 0.15) is 5.75 Å². The third-order valence-corrected chi connectivity index (χ3v) is 4.82. The molecule has 0 amide bonds. The molecule has 1 aliphatic rings. The Hall–Kier alpha value is -2.78. The number of H-pyrrole nitrogens is 1. The molecule has 25 heavy (non-hydrogen) atoms. The molecule has 0 fully saturated rings. The Labute approximate surface area is 147 Å². The molecular weight excluding hydrogens is 308 g/mol. The molecule has 126 valence electrons. The van der Waals surface area contributed by atoms with E-state index in [4.69, 9.17) is 0 Å². The summed E-state index contributed by atoms with van der Waals surface area (Å²) < 4.78 is 0. The van der Waals surface area contributed by atoms with Crippen LogP contribution < -0.4 is 5.32 Å². The lowest BCUT2D eigenvalue weighted by atomic mass is 9.93. The first kappa shape index (κ1) is 15.7. The highest BCUT2D eigenvalue weighted by molar-refractivity contribution is 5.91. The fraction of sp³-hybridized carbons (Fsp3) is 0.182. The maximum Gasteiger partial charge on any atom is 0.123 e. The number of aromatic nitrogens is 1. The summed E-state index contributed by atoms with van der Waals surface area (Å²) in [6.45, 7) is 0.904. The molecule has 3 aromatic rings. The SMILES string of the molecule is Oc1ccc2[nH]ccc2c1C=CCC1CC(c2ccccc2)=CCN1. The first-order valence-electron chi connectivity index (χ1n) is 8.75. The Kier molecular flexibility index (Phi) is 4.40. The van der Waals surface area contributed by atoms with Crippen LogP contribution in [0.25, 0.3) is 22.6 Å². The zero-order valence-corrected chi connectivity index (χ0v) is 14.1. The van der Waals surface area contributed by atoms with Gasteiger partial charge in [-0.3, -0.25) is 0 Å². The maximum absolute atomic E-state index is 10.2. The molecule has 3 N–H and O–H groups in total. The third-order valence-electron chi connectivity index (χ3n) is 4.82. The van der Waals surface area contributed by atoms with Crippen molar-refractivity contribution in [1.29, 1.82) is 0 Å². The molecule has 1 atom stereocenters. The van der Waals surface area contributed by atoms with E-state index in [0.717, 1.165) is 35.9 Å². The molecule has 1 unspecified atom stereocenters. The van der Waals surface area contributed by atoms with Gasteiger partial charge >= 0.3 is 0 Å². The topological polar surface area (TPSA) is 48.0 Å². The van der Waals surface area contributed by atoms with Crippen LogP contribution in [0.15, 0.2) is 66.9 Å². The fourth-order valence-corrected chi connectivity index (χ4v) is 3.49. The molecule has 4 rings (SSSR count). The van der Waals surface area contributed by atoms with Crippen molar-refractivity contribution in [3.05, 3.63) is 78.0 Å². The van der Waals surface area contributed by atoms with Crippen LogP contribution in [0.4, 0.5) is 0 Å². The zero-order chi connectivity index (χ0) is 17.1. The molecule has 3 heteroatoms. The van der Waals surface area contributed by atoms with Crippen LogP contribution in [-0.4, -0.2) is 22.7 Å². The quantitative estimate of drug-likeness (QED) is 0.648. The fourth-order valence-electron chi connectivity index (χ4n) is 3.49. The van der Waals surface area contributed by atoms with Crippen LogP contribution >= 0.6 is 0 Å². The number of aromatic hydroxyl groups is 1. The number of hydrogen-bond donors (Lipinski definition) is 3. The summed E-state index contributed by atoms with van der Waals surface area (Å²) in [6.07, 6.45) is 10.3. The van der Waals surface area contributed by atoms with Crippen molar-refractivity contribution >= 4 is 22.6 Å². The predicted octanol–water partition coefficient (Wildman–Crippen LogP) is 4.72. The van der Waals surface area contributed by atoms with Crippen molar-refractivity contribution in [2.75, 3.05) is 6.54 Å². The van der Waals surface area contributed by atoms with E-state index in [-0.39, 0.29) is 0 Å². The second-order valence-corrected chi connectivity index (χ2v) is 6.48. The summed E-state index contributed by atoms with van der Waals surface area (Å²) in [6, 6.07) is 16.7. The Morgan fingerprint density at radius 3 is 2.84 bits per heavy atom. The Balaban J connectivity index is 1.46. The lowest BCUT2D eigenvalue weighted by molar-refractivity contribution is 0.475. The summed E-state index contributed by atoms with van der Waals surface area (Å²) in [4.78, 5) is 3.19. The number of phenols is 1. The van der Waals surface area contributed by atoms with Gasteiger partial charge in [-0.25, -0.2) is 0 Å². The van der Waals surface area contributed by atoms with E-state index in [0.29, 0.717) is 11.8 Å². The third kappa shape index (κ3) is 3.37. The van der Waals surface area contributed by atoms with Gasteiger partial charge in [-0.15, -0.1) is 0 Å². The minimum absolute atomic E-state index is 0.324. The number of phenolic OH excluding ortho intramolecular Hbond substituents is 1. The molecule has 3 nitrogen and oxygen atoms in total. The van der Waals surface area contributed by atoms with Gasteiger partial charge in [0.05, 0.1) is 0 Å². The average Bonchev–Trinajstić information content (AvgIpc) is 3.13. The number of rotatable bonds is 4. The zero-order valence-electron chi connectivity index (χ0n) is 14.1. The maximum atomic E-state index is 10.2. The Morgan fingerprint density at radius 1 is 1.08 bits per heavy atom. The smallest absolute Gasteiger partial charge is 0.123 e. The second-order valence-electron chi connectivity index (χ2n) is 6.48. The van der Waals surface area contributed by atoms with Crippen molar-refractivity contribution < 1.29 is 5.11 Å². The van der Waals surface area contributed by atoms with Gasteiger partial charge in [0.15, 0.2) is 0 Å². The van der Waals surface area contributed by atoms with Crippen LogP contribution in [0, 0.1) is 0 Å². The van der Waals surface area contributed by atoms with Crippen LogP contribution in [-0.2, 0) is 0 Å². The van der Waals surface area contributed by atoms with E-state index in [1.54, 1.807) is 6.07 Å². The minimum Gasteiger partial charge on any atom is -0.507 e. The van der Waals surface area contributed by atoms with E-state index in [9.17, 15) is 5.11 Å². The highest BCUT2D eigenvalue weighted by Gasteiger charge is 2.14. The number of fused-ring (bicyclic) bond motifs is 1. The Bertz CT molecular complexity index is 922. The van der Waals surface area contributed by atoms with E-state index >= 15 is 0 Å². The van der Waals surface area contributed by atoms with Crippen LogP contribution in [0.2, 0.25) is 0 Å². The van der Waals surface area contributed by atoms with Crippen LogP contribution in [0.1, 0.15) is 24.0 Å². The highest BCUT2D eigenvalue weighted by atomic mass is 16.3. The molecule has 0 bridgehead atoms. The standard InChI is InChI=1S/C22H22N2O/c25-22-10-9-21-19(12-14-24-21)20(22)8-4-7-18-15-17(11-13-23-18)16-5-2-1-3-6-16/h1-6,8-12,14,18,23-25H,7,13,15H2. The first-order chi connectivity index (χ1) is 12.3. The molecular formula is C22H22N2O. The average molecular weight is 330 g/mol. The summed E-state index contributed by atoms with van der Waals surface area (Å²) in [7, 11) is 0. The molecule has 1 aromatic heterocycles. The lowest BCUT2D eigenvalue weighted by Crippen LogP contribution is -2.32. The van der Waals surface area contributed by atoms with E-state index in [1.165, 1.54) is 11.1 Å². The van der Waals surface area contributed by atoms with Gasteiger partial charge in [0.25, 0.3) is 0 Å². The van der Waals surface area contributed by atoms with E-state index in [1.807, 2.05) is 24.4 Å². The summed E-state index contributed by atoms with van der Waals surface area (Å²) >= 11 is 0. The number of benzene rings is 2. The lowest BCUT2D eigenvalue weighted by Gasteiger charge is -2.23. The first-order valence-corrected chi connectivity index (χ1v) is 8.75.